The van der Waals surface area contributed by atoms with Crippen molar-refractivity contribution in [2.75, 3.05) is 11.9 Å². The van der Waals surface area contributed by atoms with E-state index in [4.69, 9.17) is 5.73 Å². The highest BCUT2D eigenvalue weighted by atomic mass is 16.1. The molecule has 0 aliphatic rings. The number of rotatable bonds is 4. The van der Waals surface area contributed by atoms with Crippen molar-refractivity contribution in [3.05, 3.63) is 60.3 Å². The molecule has 0 aliphatic heterocycles. The van der Waals surface area contributed by atoms with Crippen molar-refractivity contribution in [1.29, 1.82) is 0 Å². The summed E-state index contributed by atoms with van der Waals surface area (Å²) in [5.74, 6) is -0.603. The number of anilines is 2. The number of carbonyl (C=O) groups excluding carboxylic acids is 1. The fourth-order valence-corrected chi connectivity index (χ4v) is 2.25. The highest BCUT2D eigenvalue weighted by molar-refractivity contribution is 5.96. The minimum absolute atomic E-state index is 0.143. The number of benzene rings is 2. The second kappa shape index (κ2) is 5.69. The van der Waals surface area contributed by atoms with Crippen molar-refractivity contribution >= 4 is 17.3 Å². The van der Waals surface area contributed by atoms with E-state index in [2.05, 4.69) is 20.3 Å². The molecule has 0 saturated carbocycles. The van der Waals surface area contributed by atoms with Gasteiger partial charge in [-0.25, -0.2) is 0 Å². The number of carbonyl (C=O) groups is 1. The van der Waals surface area contributed by atoms with E-state index < -0.39 is 5.91 Å². The van der Waals surface area contributed by atoms with E-state index >= 15 is 0 Å². The number of H-pyrrole nitrogens is 1. The highest BCUT2D eigenvalue weighted by Gasteiger charge is 2.15. The molecule has 0 radical (unpaired) electrons. The number of hydrogen-bond donors (Lipinski definition) is 2. The number of nitrogens with zero attached hydrogens (tertiary/aromatic N) is 3. The smallest absolute Gasteiger partial charge is 0.271 e. The van der Waals surface area contributed by atoms with E-state index in [1.54, 1.807) is 0 Å². The first-order chi connectivity index (χ1) is 10.7. The molecule has 0 spiro atoms. The van der Waals surface area contributed by atoms with Crippen LogP contribution in [0.25, 0.3) is 11.3 Å². The molecule has 1 heterocycles. The number of primary amides is 1. The molecule has 0 bridgehead atoms. The molecule has 0 atom stereocenters. The van der Waals surface area contributed by atoms with Gasteiger partial charge in [-0.2, -0.15) is 15.4 Å². The minimum Gasteiger partial charge on any atom is -0.364 e. The molecule has 0 unspecified atom stereocenters. The van der Waals surface area contributed by atoms with Crippen LogP contribution >= 0.6 is 0 Å². The van der Waals surface area contributed by atoms with Crippen molar-refractivity contribution in [2.45, 2.75) is 0 Å². The molecule has 6 nitrogen and oxygen atoms in total. The first-order valence-electron chi connectivity index (χ1n) is 6.76. The van der Waals surface area contributed by atoms with Crippen molar-refractivity contribution in [2.24, 2.45) is 5.73 Å². The average Bonchev–Trinajstić information content (AvgIpc) is 3.05. The van der Waals surface area contributed by atoms with Crippen molar-refractivity contribution in [1.82, 2.24) is 15.4 Å². The molecule has 6 heteroatoms. The summed E-state index contributed by atoms with van der Waals surface area (Å²) in [4.78, 5) is 13.4. The van der Waals surface area contributed by atoms with Gasteiger partial charge in [0.05, 0.1) is 0 Å². The fraction of sp³-hybridized carbons (Fsp3) is 0.0625. The largest absolute Gasteiger partial charge is 0.364 e. The number of hydrogen-bond acceptors (Lipinski definition) is 4. The number of para-hydroxylation sites is 1. The van der Waals surface area contributed by atoms with Crippen LogP contribution in [0, 0.1) is 0 Å². The Bertz CT molecular complexity index is 780. The Kier molecular flexibility index (Phi) is 3.57. The first kappa shape index (κ1) is 13.8. The lowest BCUT2D eigenvalue weighted by atomic mass is 10.1. The Morgan fingerprint density at radius 3 is 2.27 bits per heavy atom. The third-order valence-corrected chi connectivity index (χ3v) is 3.45. The molecule has 110 valence electrons. The zero-order valence-corrected chi connectivity index (χ0v) is 12.0. The number of aromatic nitrogens is 3. The molecule has 2 aromatic carbocycles. The maximum atomic E-state index is 11.3. The molecule has 0 aliphatic carbocycles. The number of aromatic amines is 1. The predicted molar refractivity (Wildman–Crippen MR) is 84.8 cm³/mol. The molecule has 3 N–H and O–H groups in total. The SMILES string of the molecule is CN(c1ccccc1)c1ccc(-c2n[nH]nc2C(N)=O)cc1. The van der Waals surface area contributed by atoms with Crippen molar-refractivity contribution in [3.8, 4) is 11.3 Å². The lowest BCUT2D eigenvalue weighted by molar-refractivity contribution is 0.0996. The second-order valence-corrected chi connectivity index (χ2v) is 4.83. The summed E-state index contributed by atoms with van der Waals surface area (Å²) in [6.07, 6.45) is 0. The average molecular weight is 293 g/mol. The molecule has 3 aromatic rings. The molecule has 22 heavy (non-hydrogen) atoms. The lowest BCUT2D eigenvalue weighted by Gasteiger charge is -2.19. The fourth-order valence-electron chi connectivity index (χ4n) is 2.25. The van der Waals surface area contributed by atoms with Gasteiger partial charge in [-0.3, -0.25) is 4.79 Å². The van der Waals surface area contributed by atoms with E-state index in [9.17, 15) is 4.79 Å². The van der Waals surface area contributed by atoms with E-state index in [0.717, 1.165) is 16.9 Å². The van der Waals surface area contributed by atoms with Gasteiger partial charge in [0.2, 0.25) is 0 Å². The molecule has 1 aromatic heterocycles. The minimum atomic E-state index is -0.603. The zero-order valence-electron chi connectivity index (χ0n) is 12.0. The molecular weight excluding hydrogens is 278 g/mol. The number of nitrogens with one attached hydrogen (secondary N) is 1. The standard InChI is InChI=1S/C16H15N5O/c1-21(12-5-3-2-4-6-12)13-9-7-11(8-10-13)14-15(16(17)22)19-20-18-14/h2-10H,1H3,(H2,17,22)(H,18,19,20). The molecule has 3 rings (SSSR count). The Hall–Kier alpha value is -3.15. The van der Waals surface area contributed by atoms with Gasteiger partial charge in [-0.15, -0.1) is 0 Å². The Labute approximate surface area is 127 Å². The topological polar surface area (TPSA) is 87.9 Å². The van der Waals surface area contributed by atoms with Crippen LogP contribution in [-0.4, -0.2) is 28.4 Å². The van der Waals surface area contributed by atoms with Crippen LogP contribution in [0.2, 0.25) is 0 Å². The lowest BCUT2D eigenvalue weighted by Crippen LogP contribution is -2.13. The van der Waals surface area contributed by atoms with E-state index in [-0.39, 0.29) is 5.69 Å². The molecule has 0 fully saturated rings. The van der Waals surface area contributed by atoms with Gasteiger partial charge in [0.15, 0.2) is 5.69 Å². The quantitative estimate of drug-likeness (QED) is 0.772. The second-order valence-electron chi connectivity index (χ2n) is 4.83. The van der Waals surface area contributed by atoms with Gasteiger partial charge in [-0.1, -0.05) is 30.3 Å². The number of amides is 1. The Morgan fingerprint density at radius 1 is 1.00 bits per heavy atom. The van der Waals surface area contributed by atoms with Crippen molar-refractivity contribution < 1.29 is 4.79 Å². The van der Waals surface area contributed by atoms with Crippen LogP contribution in [0.3, 0.4) is 0 Å². The van der Waals surface area contributed by atoms with E-state index in [0.29, 0.717) is 5.69 Å². The van der Waals surface area contributed by atoms with Gasteiger partial charge >= 0.3 is 0 Å². The zero-order chi connectivity index (χ0) is 15.5. The highest BCUT2D eigenvalue weighted by Crippen LogP contribution is 2.26. The van der Waals surface area contributed by atoms with Crippen LogP contribution in [-0.2, 0) is 0 Å². The maximum absolute atomic E-state index is 11.3. The van der Waals surface area contributed by atoms with Crippen LogP contribution in [0.4, 0.5) is 11.4 Å². The molecule has 1 amide bonds. The Morgan fingerprint density at radius 2 is 1.64 bits per heavy atom. The normalized spacial score (nSPS) is 10.4. The molecule has 0 saturated heterocycles. The van der Waals surface area contributed by atoms with Crippen molar-refractivity contribution in [3.63, 3.8) is 0 Å². The summed E-state index contributed by atoms with van der Waals surface area (Å²) in [5.41, 5.74) is 8.79. The van der Waals surface area contributed by atoms with Gasteiger partial charge < -0.3 is 10.6 Å². The van der Waals surface area contributed by atoms with Gasteiger partial charge in [0.25, 0.3) is 5.91 Å². The van der Waals surface area contributed by atoms with Crippen LogP contribution < -0.4 is 10.6 Å². The van der Waals surface area contributed by atoms with E-state index in [1.165, 1.54) is 0 Å². The summed E-state index contributed by atoms with van der Waals surface area (Å²) < 4.78 is 0. The summed E-state index contributed by atoms with van der Waals surface area (Å²) >= 11 is 0. The first-order valence-corrected chi connectivity index (χ1v) is 6.76. The predicted octanol–water partition coefficient (Wildman–Crippen LogP) is 2.34. The summed E-state index contributed by atoms with van der Waals surface area (Å²) in [6.45, 7) is 0. The van der Waals surface area contributed by atoms with Gasteiger partial charge in [-0.05, 0) is 24.3 Å². The maximum Gasteiger partial charge on any atom is 0.271 e. The third kappa shape index (κ3) is 2.54. The molecular formula is C16H15N5O. The van der Waals surface area contributed by atoms with Crippen LogP contribution in [0.15, 0.2) is 54.6 Å². The third-order valence-electron chi connectivity index (χ3n) is 3.45. The van der Waals surface area contributed by atoms with E-state index in [1.807, 2.05) is 61.6 Å². The Balaban J connectivity index is 1.90. The monoisotopic (exact) mass is 293 g/mol. The summed E-state index contributed by atoms with van der Waals surface area (Å²) in [7, 11) is 2.00. The van der Waals surface area contributed by atoms with Gasteiger partial charge in [0.1, 0.15) is 5.69 Å². The van der Waals surface area contributed by atoms with Crippen LogP contribution in [0.5, 0.6) is 0 Å². The summed E-state index contributed by atoms with van der Waals surface area (Å²) in [5, 5.41) is 10.2. The van der Waals surface area contributed by atoms with Gasteiger partial charge in [0, 0.05) is 24.0 Å². The summed E-state index contributed by atoms with van der Waals surface area (Å²) in [6, 6.07) is 17.7. The van der Waals surface area contributed by atoms with Crippen LogP contribution in [0.1, 0.15) is 10.5 Å². The number of nitrogens with two attached hydrogens (primary N) is 1.